The van der Waals surface area contributed by atoms with Crippen LogP contribution in [0.15, 0.2) is 41.5 Å². The molecule has 2 nitrogen and oxygen atoms in total. The number of carbonyl (C=O) groups excluding carboxylic acids is 2. The number of carbonyl (C=O) groups is 1. The molecular formula is C14H15O2. The third kappa shape index (κ3) is 2.66. The zero-order chi connectivity index (χ0) is 12.0. The fourth-order valence-corrected chi connectivity index (χ4v) is 1.62. The molecule has 0 aliphatic heterocycles. The first-order valence-corrected chi connectivity index (χ1v) is 5.44. The standard InChI is InChI=1S/C14H15O2/c1-3-11(10-15)13(4-2)14(16)12-8-6-5-7-9-12/h5-9H,3-4H2,1-2H3/b13-11+. The molecule has 16 heavy (non-hydrogen) atoms. The Kier molecular flexibility index (Phi) is 4.65. The van der Waals surface area contributed by atoms with E-state index in [2.05, 4.69) is 0 Å². The molecule has 0 bridgehead atoms. The molecule has 0 saturated carbocycles. The summed E-state index contributed by atoms with van der Waals surface area (Å²) in [4.78, 5) is 22.8. The minimum absolute atomic E-state index is 0.0664. The van der Waals surface area contributed by atoms with Crippen molar-refractivity contribution in [2.24, 2.45) is 0 Å². The summed E-state index contributed by atoms with van der Waals surface area (Å²) in [5, 5.41) is 0. The first-order chi connectivity index (χ1) is 7.74. The van der Waals surface area contributed by atoms with Crippen molar-refractivity contribution in [3.8, 4) is 0 Å². The highest BCUT2D eigenvalue weighted by molar-refractivity contribution is 6.11. The van der Waals surface area contributed by atoms with E-state index >= 15 is 0 Å². The van der Waals surface area contributed by atoms with Crippen LogP contribution in [-0.4, -0.2) is 12.1 Å². The SMILES string of the molecule is CC/C([C]=O)=C(/CC)C(=O)c1ccccc1. The second-order valence-electron chi connectivity index (χ2n) is 3.46. The van der Waals surface area contributed by atoms with Gasteiger partial charge in [0.05, 0.1) is 0 Å². The van der Waals surface area contributed by atoms with Gasteiger partial charge < -0.3 is 0 Å². The maximum Gasteiger partial charge on any atom is 0.229 e. The Balaban J connectivity index is 3.13. The molecule has 0 spiro atoms. The van der Waals surface area contributed by atoms with Crippen molar-refractivity contribution in [2.45, 2.75) is 26.7 Å². The van der Waals surface area contributed by atoms with E-state index in [-0.39, 0.29) is 5.78 Å². The maximum atomic E-state index is 12.1. The minimum atomic E-state index is -0.0664. The summed E-state index contributed by atoms with van der Waals surface area (Å²) in [5.74, 6) is -0.0664. The third-order valence-electron chi connectivity index (χ3n) is 2.50. The summed E-state index contributed by atoms with van der Waals surface area (Å²) in [6.45, 7) is 3.73. The number of ketones is 1. The summed E-state index contributed by atoms with van der Waals surface area (Å²) in [7, 11) is 0. The van der Waals surface area contributed by atoms with Crippen LogP contribution in [-0.2, 0) is 4.79 Å². The van der Waals surface area contributed by atoms with E-state index in [0.717, 1.165) is 0 Å². The van der Waals surface area contributed by atoms with Gasteiger partial charge in [0, 0.05) is 16.7 Å². The molecule has 0 amide bonds. The highest BCUT2D eigenvalue weighted by Crippen LogP contribution is 2.16. The van der Waals surface area contributed by atoms with Crippen LogP contribution < -0.4 is 0 Å². The lowest BCUT2D eigenvalue weighted by molar-refractivity contribution is 0.103. The van der Waals surface area contributed by atoms with Crippen molar-refractivity contribution < 1.29 is 9.59 Å². The Bertz CT molecular complexity index is 402. The van der Waals surface area contributed by atoms with Gasteiger partial charge in [0.1, 0.15) is 0 Å². The average Bonchev–Trinajstić information content (AvgIpc) is 2.36. The van der Waals surface area contributed by atoms with Crippen LogP contribution in [0.25, 0.3) is 0 Å². The number of allylic oxidation sites excluding steroid dienone is 2. The lowest BCUT2D eigenvalue weighted by Gasteiger charge is -2.06. The van der Waals surface area contributed by atoms with Crippen LogP contribution in [0, 0.1) is 0 Å². The molecule has 1 rings (SSSR count). The molecule has 0 N–H and O–H groups in total. The molecular weight excluding hydrogens is 200 g/mol. The molecule has 83 valence electrons. The first-order valence-electron chi connectivity index (χ1n) is 5.44. The third-order valence-corrected chi connectivity index (χ3v) is 2.50. The summed E-state index contributed by atoms with van der Waals surface area (Å²) in [6.07, 6.45) is 2.97. The van der Waals surface area contributed by atoms with Crippen LogP contribution in [0.1, 0.15) is 37.0 Å². The van der Waals surface area contributed by atoms with Gasteiger partial charge in [-0.25, -0.2) is 0 Å². The maximum absolute atomic E-state index is 12.1. The van der Waals surface area contributed by atoms with Gasteiger partial charge >= 0.3 is 0 Å². The van der Waals surface area contributed by atoms with Gasteiger partial charge in [-0.3, -0.25) is 9.59 Å². The van der Waals surface area contributed by atoms with Crippen LogP contribution in [0.5, 0.6) is 0 Å². The van der Waals surface area contributed by atoms with Crippen LogP contribution in [0.4, 0.5) is 0 Å². The van der Waals surface area contributed by atoms with Crippen molar-refractivity contribution in [1.82, 2.24) is 0 Å². The molecule has 0 aromatic heterocycles. The molecule has 0 unspecified atom stereocenters. The molecule has 0 heterocycles. The largest absolute Gasteiger partial charge is 0.289 e. The predicted octanol–water partition coefficient (Wildman–Crippen LogP) is 3.10. The van der Waals surface area contributed by atoms with Crippen molar-refractivity contribution in [3.63, 3.8) is 0 Å². The van der Waals surface area contributed by atoms with Gasteiger partial charge in [-0.05, 0) is 12.8 Å². The van der Waals surface area contributed by atoms with Crippen molar-refractivity contribution in [1.29, 1.82) is 0 Å². The van der Waals surface area contributed by atoms with Gasteiger partial charge in [0.25, 0.3) is 0 Å². The Morgan fingerprint density at radius 2 is 1.75 bits per heavy atom. The van der Waals surface area contributed by atoms with Gasteiger partial charge in [0.15, 0.2) is 5.78 Å². The van der Waals surface area contributed by atoms with Gasteiger partial charge in [-0.2, -0.15) is 0 Å². The van der Waals surface area contributed by atoms with Crippen LogP contribution in [0.3, 0.4) is 0 Å². The molecule has 2 heteroatoms. The molecule has 1 aromatic carbocycles. The summed E-state index contributed by atoms with van der Waals surface area (Å²) in [6, 6.07) is 9.01. The predicted molar refractivity (Wildman–Crippen MR) is 64.1 cm³/mol. The molecule has 1 aromatic rings. The zero-order valence-corrected chi connectivity index (χ0v) is 9.62. The molecule has 0 atom stereocenters. The average molecular weight is 215 g/mol. The Hall–Kier alpha value is -1.70. The van der Waals surface area contributed by atoms with E-state index < -0.39 is 0 Å². The summed E-state index contributed by atoms with van der Waals surface area (Å²) >= 11 is 0. The minimum Gasteiger partial charge on any atom is -0.289 e. The quantitative estimate of drug-likeness (QED) is 0.558. The zero-order valence-electron chi connectivity index (χ0n) is 9.62. The van der Waals surface area contributed by atoms with E-state index in [1.54, 1.807) is 12.1 Å². The van der Waals surface area contributed by atoms with Crippen molar-refractivity contribution in [3.05, 3.63) is 47.0 Å². The molecule has 0 aliphatic rings. The van der Waals surface area contributed by atoms with Gasteiger partial charge in [-0.1, -0.05) is 44.2 Å². The van der Waals surface area contributed by atoms with Crippen LogP contribution >= 0.6 is 0 Å². The first kappa shape index (κ1) is 12.4. The summed E-state index contributed by atoms with van der Waals surface area (Å²) in [5.41, 5.74) is 1.68. The fourth-order valence-electron chi connectivity index (χ4n) is 1.62. The number of rotatable bonds is 5. The monoisotopic (exact) mass is 215 g/mol. The molecule has 0 aliphatic carbocycles. The number of Topliss-reactive ketones (excluding diaryl/α,β-unsaturated/α-hetero) is 1. The second-order valence-corrected chi connectivity index (χ2v) is 3.46. The van der Waals surface area contributed by atoms with E-state index in [4.69, 9.17) is 0 Å². The smallest absolute Gasteiger partial charge is 0.229 e. The molecule has 1 radical (unpaired) electrons. The van der Waals surface area contributed by atoms with E-state index in [9.17, 15) is 9.59 Å². The van der Waals surface area contributed by atoms with Crippen LogP contribution in [0.2, 0.25) is 0 Å². The fraction of sp³-hybridized carbons (Fsp3) is 0.286. The van der Waals surface area contributed by atoms with Gasteiger partial charge in [-0.15, -0.1) is 0 Å². The topological polar surface area (TPSA) is 34.1 Å². The highest BCUT2D eigenvalue weighted by Gasteiger charge is 2.14. The van der Waals surface area contributed by atoms with E-state index in [0.29, 0.717) is 29.6 Å². The number of benzene rings is 1. The second kappa shape index (κ2) is 6.01. The summed E-state index contributed by atoms with van der Waals surface area (Å²) < 4.78 is 0. The Morgan fingerprint density at radius 1 is 1.12 bits per heavy atom. The Labute approximate surface area is 96.0 Å². The van der Waals surface area contributed by atoms with Gasteiger partial charge in [0.2, 0.25) is 6.29 Å². The van der Waals surface area contributed by atoms with E-state index in [1.807, 2.05) is 38.3 Å². The van der Waals surface area contributed by atoms with Crippen molar-refractivity contribution in [2.75, 3.05) is 0 Å². The lowest BCUT2D eigenvalue weighted by Crippen LogP contribution is -2.06. The normalized spacial score (nSPS) is 11.9. The highest BCUT2D eigenvalue weighted by atomic mass is 16.1. The van der Waals surface area contributed by atoms with Crippen molar-refractivity contribution >= 4 is 12.1 Å². The number of hydrogen-bond donors (Lipinski definition) is 0. The molecule has 0 fully saturated rings. The van der Waals surface area contributed by atoms with E-state index in [1.165, 1.54) is 0 Å². The lowest BCUT2D eigenvalue weighted by atomic mass is 9.96. The Morgan fingerprint density at radius 3 is 2.19 bits per heavy atom. The molecule has 0 saturated heterocycles. The number of hydrogen-bond acceptors (Lipinski definition) is 2.